The second kappa shape index (κ2) is 2.24. The van der Waals surface area contributed by atoms with Crippen LogP contribution in [0.3, 0.4) is 0 Å². The van der Waals surface area contributed by atoms with Crippen molar-refractivity contribution in [3.8, 4) is 0 Å². The average Bonchev–Trinajstić information content (AvgIpc) is 2.30. The highest BCUT2D eigenvalue weighted by atomic mass is 15.4. The van der Waals surface area contributed by atoms with E-state index in [1.165, 1.54) is 11.3 Å². The van der Waals surface area contributed by atoms with E-state index in [-0.39, 0.29) is 0 Å². The first-order valence-electron chi connectivity index (χ1n) is 3.96. The fourth-order valence-electron chi connectivity index (χ4n) is 1.63. The minimum Gasteiger partial charge on any atom is -0.255 e. The lowest BCUT2D eigenvalue weighted by Crippen LogP contribution is -2.70. The van der Waals surface area contributed by atoms with Gasteiger partial charge in [0.15, 0.2) is 0 Å². The summed E-state index contributed by atoms with van der Waals surface area (Å²) >= 11 is 0. The lowest BCUT2D eigenvalue weighted by Gasteiger charge is -2.12. The van der Waals surface area contributed by atoms with Crippen molar-refractivity contribution in [2.75, 3.05) is 5.01 Å². The molecule has 0 aliphatic carbocycles. The van der Waals surface area contributed by atoms with Crippen LogP contribution < -0.4 is 10.9 Å². The average molecular weight is 149 g/mol. The van der Waals surface area contributed by atoms with Crippen LogP contribution in [0.5, 0.6) is 0 Å². The van der Waals surface area contributed by atoms with Crippen LogP contribution in [-0.4, -0.2) is 6.04 Å². The third-order valence-corrected chi connectivity index (χ3v) is 2.35. The summed E-state index contributed by atoms with van der Waals surface area (Å²) in [7, 11) is 0. The van der Waals surface area contributed by atoms with E-state index >= 15 is 0 Å². The lowest BCUT2D eigenvalue weighted by molar-refractivity contribution is -0.390. The molecular weight excluding hydrogens is 136 g/mol. The molecule has 1 aliphatic heterocycles. The Hall–Kier alpha value is -1.02. The van der Waals surface area contributed by atoms with Gasteiger partial charge < -0.3 is 0 Å². The molecule has 0 aromatic heterocycles. The number of anilines is 1. The van der Waals surface area contributed by atoms with E-state index in [4.69, 9.17) is 0 Å². The van der Waals surface area contributed by atoms with Gasteiger partial charge in [-0.1, -0.05) is 18.2 Å². The van der Waals surface area contributed by atoms with Gasteiger partial charge in [-0.2, -0.15) is 0 Å². The third-order valence-electron chi connectivity index (χ3n) is 2.35. The summed E-state index contributed by atoms with van der Waals surface area (Å²) in [6.07, 6.45) is 1.14. The van der Waals surface area contributed by atoms with E-state index in [2.05, 4.69) is 42.0 Å². The molecule has 0 saturated heterocycles. The standard InChI is InChI=1S/C9H12N2/c1-7-6-8-4-2-3-5-9(8)11(7)10/h2-5,7H,6,10H2,1H3/p+1. The predicted molar refractivity (Wildman–Crippen MR) is 45.0 cm³/mol. The summed E-state index contributed by atoms with van der Waals surface area (Å²) in [5, 5.41) is 2.09. The Morgan fingerprint density at radius 1 is 1.45 bits per heavy atom. The zero-order valence-corrected chi connectivity index (χ0v) is 6.75. The van der Waals surface area contributed by atoms with Gasteiger partial charge in [0.05, 0.1) is 11.7 Å². The van der Waals surface area contributed by atoms with Crippen LogP contribution in [0.4, 0.5) is 5.69 Å². The second-order valence-corrected chi connectivity index (χ2v) is 3.15. The Morgan fingerprint density at radius 2 is 2.18 bits per heavy atom. The van der Waals surface area contributed by atoms with Crippen molar-refractivity contribution in [1.82, 2.24) is 0 Å². The monoisotopic (exact) mass is 149 g/mol. The van der Waals surface area contributed by atoms with Crippen LogP contribution in [0.2, 0.25) is 0 Å². The van der Waals surface area contributed by atoms with Crippen LogP contribution in [0.25, 0.3) is 0 Å². The Balaban J connectivity index is 2.47. The number of hydrogen-bond donors (Lipinski definition) is 1. The van der Waals surface area contributed by atoms with Gasteiger partial charge in [-0.25, -0.2) is 5.01 Å². The highest BCUT2D eigenvalue weighted by Crippen LogP contribution is 2.27. The van der Waals surface area contributed by atoms with Gasteiger partial charge in [-0.3, -0.25) is 5.84 Å². The van der Waals surface area contributed by atoms with Crippen LogP contribution in [-0.2, 0) is 6.42 Å². The van der Waals surface area contributed by atoms with Crippen molar-refractivity contribution < 1.29 is 5.84 Å². The molecule has 0 bridgehead atoms. The molecular formula is C9H13N2+. The minimum atomic E-state index is 0.562. The topological polar surface area (TPSA) is 30.9 Å². The summed E-state index contributed by atoms with van der Waals surface area (Å²) in [6, 6.07) is 9.02. The smallest absolute Gasteiger partial charge is 0.0914 e. The molecule has 1 heterocycles. The van der Waals surface area contributed by atoms with E-state index in [9.17, 15) is 0 Å². The number of fused-ring (bicyclic) bond motifs is 1. The maximum atomic E-state index is 3.99. The molecule has 2 nitrogen and oxygen atoms in total. The molecule has 2 rings (SSSR count). The third kappa shape index (κ3) is 0.906. The highest BCUT2D eigenvalue weighted by Gasteiger charge is 2.24. The Morgan fingerprint density at radius 3 is 2.91 bits per heavy atom. The Kier molecular flexibility index (Phi) is 1.36. The summed E-state index contributed by atoms with van der Waals surface area (Å²) in [5.41, 5.74) is 2.72. The molecule has 0 spiro atoms. The van der Waals surface area contributed by atoms with Crippen molar-refractivity contribution in [2.24, 2.45) is 0 Å². The van der Waals surface area contributed by atoms with Gasteiger partial charge in [-0.15, -0.1) is 0 Å². The number of quaternary nitrogens is 1. The molecule has 11 heavy (non-hydrogen) atoms. The molecule has 1 aromatic rings. The molecule has 3 N–H and O–H groups in total. The largest absolute Gasteiger partial charge is 0.255 e. The summed E-state index contributed by atoms with van der Waals surface area (Å²) < 4.78 is 0. The predicted octanol–water partition coefficient (Wildman–Crippen LogP) is 0.595. The summed E-state index contributed by atoms with van der Waals surface area (Å²) in [5.74, 6) is 3.99. The molecule has 0 amide bonds. The SMILES string of the molecule is CC1Cc2ccccc2N1[NH3+]. The van der Waals surface area contributed by atoms with Gasteiger partial charge in [0.25, 0.3) is 0 Å². The first-order chi connectivity index (χ1) is 5.29. The van der Waals surface area contributed by atoms with E-state index < -0.39 is 0 Å². The number of nitrogens with zero attached hydrogens (tertiary/aromatic N) is 1. The van der Waals surface area contributed by atoms with E-state index in [0.717, 1.165) is 6.42 Å². The minimum absolute atomic E-state index is 0.562. The molecule has 2 heteroatoms. The first-order valence-corrected chi connectivity index (χ1v) is 3.96. The molecule has 58 valence electrons. The maximum Gasteiger partial charge on any atom is 0.0914 e. The first kappa shape index (κ1) is 6.68. The van der Waals surface area contributed by atoms with Crippen molar-refractivity contribution in [1.29, 1.82) is 0 Å². The van der Waals surface area contributed by atoms with Crippen molar-refractivity contribution in [3.63, 3.8) is 0 Å². The van der Waals surface area contributed by atoms with Crippen molar-refractivity contribution in [2.45, 2.75) is 19.4 Å². The number of benzene rings is 1. The van der Waals surface area contributed by atoms with Crippen LogP contribution in [0.15, 0.2) is 24.3 Å². The fourth-order valence-corrected chi connectivity index (χ4v) is 1.63. The molecule has 0 saturated carbocycles. The van der Waals surface area contributed by atoms with E-state index in [0.29, 0.717) is 6.04 Å². The molecule has 1 aromatic carbocycles. The lowest BCUT2D eigenvalue weighted by atomic mass is 10.1. The molecule has 1 atom stereocenters. The zero-order valence-electron chi connectivity index (χ0n) is 6.75. The van der Waals surface area contributed by atoms with Crippen molar-refractivity contribution in [3.05, 3.63) is 29.8 Å². The molecule has 0 radical (unpaired) electrons. The molecule has 1 aliphatic rings. The molecule has 0 fully saturated rings. The van der Waals surface area contributed by atoms with Gasteiger partial charge in [0.1, 0.15) is 0 Å². The van der Waals surface area contributed by atoms with Crippen LogP contribution in [0, 0.1) is 0 Å². The number of hydrogen-bond acceptors (Lipinski definition) is 1. The van der Waals surface area contributed by atoms with Gasteiger partial charge >= 0.3 is 0 Å². The fraction of sp³-hybridized carbons (Fsp3) is 0.333. The van der Waals surface area contributed by atoms with Gasteiger partial charge in [-0.05, 0) is 25.0 Å². The second-order valence-electron chi connectivity index (χ2n) is 3.15. The number of para-hydroxylation sites is 1. The van der Waals surface area contributed by atoms with Crippen LogP contribution in [0.1, 0.15) is 12.5 Å². The normalized spacial score (nSPS) is 22.0. The Labute approximate surface area is 66.6 Å². The maximum absolute atomic E-state index is 3.99. The van der Waals surface area contributed by atoms with Crippen molar-refractivity contribution >= 4 is 5.69 Å². The summed E-state index contributed by atoms with van der Waals surface area (Å²) in [6.45, 7) is 2.20. The number of rotatable bonds is 0. The summed E-state index contributed by atoms with van der Waals surface area (Å²) in [4.78, 5) is 0. The zero-order chi connectivity index (χ0) is 7.84. The van der Waals surface area contributed by atoms with E-state index in [1.54, 1.807) is 0 Å². The highest BCUT2D eigenvalue weighted by molar-refractivity contribution is 5.56. The van der Waals surface area contributed by atoms with Crippen LogP contribution >= 0.6 is 0 Å². The van der Waals surface area contributed by atoms with Gasteiger partial charge in [0, 0.05) is 0 Å². The quantitative estimate of drug-likeness (QED) is 0.575. The van der Waals surface area contributed by atoms with Gasteiger partial charge in [0.2, 0.25) is 0 Å². The van der Waals surface area contributed by atoms with E-state index in [1.807, 2.05) is 0 Å². The molecule has 1 unspecified atom stereocenters. The Bertz CT molecular complexity index is 270.